The molecule has 1 heterocycles. The lowest BCUT2D eigenvalue weighted by Gasteiger charge is -2.27. The van der Waals surface area contributed by atoms with Crippen LogP contribution in [0.3, 0.4) is 0 Å². The molecular formula is C24H30ClNO3. The number of carbonyl (C=O) groups is 1. The first-order chi connectivity index (χ1) is 13.9. The van der Waals surface area contributed by atoms with Crippen LogP contribution in [0.5, 0.6) is 5.75 Å². The van der Waals surface area contributed by atoms with Crippen molar-refractivity contribution in [2.75, 3.05) is 19.7 Å². The average molecular weight is 416 g/mol. The summed E-state index contributed by atoms with van der Waals surface area (Å²) in [5, 5.41) is 11.8. The van der Waals surface area contributed by atoms with Gasteiger partial charge in [0.15, 0.2) is 0 Å². The zero-order chi connectivity index (χ0) is 20.9. The minimum Gasteiger partial charge on any atom is -0.491 e. The van der Waals surface area contributed by atoms with Gasteiger partial charge in [-0.2, -0.15) is 0 Å². The van der Waals surface area contributed by atoms with Crippen molar-refractivity contribution >= 4 is 17.5 Å². The number of nitrogens with zero attached hydrogens (tertiary/aromatic N) is 1. The number of amides is 1. The van der Waals surface area contributed by atoms with Crippen LogP contribution in [0.4, 0.5) is 0 Å². The van der Waals surface area contributed by atoms with Gasteiger partial charge in [0.25, 0.3) is 0 Å². The molecule has 1 aliphatic heterocycles. The molecule has 1 saturated heterocycles. The Balaban J connectivity index is 1.52. The normalized spacial score (nSPS) is 19.7. The maximum absolute atomic E-state index is 12.6. The highest BCUT2D eigenvalue weighted by molar-refractivity contribution is 6.32. The number of benzene rings is 2. The molecule has 3 rings (SSSR count). The van der Waals surface area contributed by atoms with Gasteiger partial charge in [0, 0.05) is 24.5 Å². The van der Waals surface area contributed by atoms with E-state index < -0.39 is 5.60 Å². The summed E-state index contributed by atoms with van der Waals surface area (Å²) >= 11 is 6.22. The summed E-state index contributed by atoms with van der Waals surface area (Å²) in [5.41, 5.74) is 2.18. The van der Waals surface area contributed by atoms with Gasteiger partial charge in [-0.1, -0.05) is 41.9 Å². The number of likely N-dealkylation sites (tertiary alicyclic amines) is 1. The first-order valence-corrected chi connectivity index (χ1v) is 10.7. The van der Waals surface area contributed by atoms with Crippen LogP contribution in [0.1, 0.15) is 42.4 Å². The summed E-state index contributed by atoms with van der Waals surface area (Å²) in [6.45, 7) is 5.36. The van der Waals surface area contributed by atoms with Gasteiger partial charge in [-0.05, 0) is 68.4 Å². The molecule has 0 saturated carbocycles. The highest BCUT2D eigenvalue weighted by Gasteiger charge is 2.32. The fourth-order valence-corrected chi connectivity index (χ4v) is 3.94. The van der Waals surface area contributed by atoms with Crippen LogP contribution in [-0.2, 0) is 11.2 Å². The molecular weight excluding hydrogens is 386 g/mol. The maximum atomic E-state index is 12.6. The van der Waals surface area contributed by atoms with Crippen molar-refractivity contribution in [3.8, 4) is 5.75 Å². The number of hydrogen-bond donors (Lipinski definition) is 1. The lowest BCUT2D eigenvalue weighted by Crippen LogP contribution is -2.38. The van der Waals surface area contributed by atoms with E-state index in [1.54, 1.807) is 0 Å². The molecule has 0 aromatic heterocycles. The molecule has 1 aliphatic rings. The van der Waals surface area contributed by atoms with Gasteiger partial charge < -0.3 is 14.7 Å². The first-order valence-electron chi connectivity index (χ1n) is 10.3. The number of halogens is 1. The van der Waals surface area contributed by atoms with Crippen molar-refractivity contribution in [2.24, 2.45) is 0 Å². The Morgan fingerprint density at radius 1 is 1.14 bits per heavy atom. The lowest BCUT2D eigenvalue weighted by molar-refractivity contribution is -0.131. The zero-order valence-electron chi connectivity index (χ0n) is 17.3. The Morgan fingerprint density at radius 2 is 1.83 bits per heavy atom. The average Bonchev–Trinajstić information content (AvgIpc) is 2.91. The number of hydrogen-bond acceptors (Lipinski definition) is 3. The number of ether oxygens (including phenoxy) is 1. The molecule has 1 amide bonds. The molecule has 1 N–H and O–H groups in total. The molecule has 1 unspecified atom stereocenters. The smallest absolute Gasteiger partial charge is 0.222 e. The molecule has 5 heteroatoms. The minimum atomic E-state index is -0.921. The fourth-order valence-electron chi connectivity index (χ4n) is 3.83. The fraction of sp³-hybridized carbons (Fsp3) is 0.458. The molecule has 4 nitrogen and oxygen atoms in total. The number of carbonyl (C=O) groups excluding carboxylic acids is 1. The number of aliphatic hydroxyl groups is 1. The van der Waals surface area contributed by atoms with Crippen molar-refractivity contribution in [1.82, 2.24) is 4.90 Å². The van der Waals surface area contributed by atoms with Gasteiger partial charge in [0.1, 0.15) is 18.0 Å². The summed E-state index contributed by atoms with van der Waals surface area (Å²) in [5.74, 6) is 0.876. The molecule has 1 atom stereocenters. The zero-order valence-corrected chi connectivity index (χ0v) is 18.0. The highest BCUT2D eigenvalue weighted by atomic mass is 35.5. The molecule has 0 bridgehead atoms. The van der Waals surface area contributed by atoms with E-state index in [2.05, 4.69) is 0 Å². The van der Waals surface area contributed by atoms with Gasteiger partial charge >= 0.3 is 0 Å². The van der Waals surface area contributed by atoms with E-state index in [-0.39, 0.29) is 12.5 Å². The number of aryl methyl sites for hydroxylation is 3. The van der Waals surface area contributed by atoms with E-state index >= 15 is 0 Å². The van der Waals surface area contributed by atoms with Crippen LogP contribution < -0.4 is 4.74 Å². The second-order valence-electron chi connectivity index (χ2n) is 8.10. The lowest BCUT2D eigenvalue weighted by atomic mass is 9.96. The third-order valence-electron chi connectivity index (χ3n) is 5.66. The van der Waals surface area contributed by atoms with Crippen LogP contribution in [-0.4, -0.2) is 41.2 Å². The molecule has 2 aromatic rings. The second-order valence-corrected chi connectivity index (χ2v) is 8.48. The van der Waals surface area contributed by atoms with E-state index in [1.165, 1.54) is 5.56 Å². The number of rotatable bonds is 6. The Labute approximate surface area is 178 Å². The van der Waals surface area contributed by atoms with Gasteiger partial charge in [-0.3, -0.25) is 4.79 Å². The summed E-state index contributed by atoms with van der Waals surface area (Å²) in [6, 6.07) is 13.9. The third-order valence-corrected chi connectivity index (χ3v) is 6.25. The Bertz CT molecular complexity index is 816. The highest BCUT2D eigenvalue weighted by Crippen LogP contribution is 2.28. The summed E-state index contributed by atoms with van der Waals surface area (Å²) < 4.78 is 5.91. The van der Waals surface area contributed by atoms with Gasteiger partial charge in [-0.25, -0.2) is 0 Å². The van der Waals surface area contributed by atoms with Crippen molar-refractivity contribution < 1.29 is 14.6 Å². The van der Waals surface area contributed by atoms with Crippen LogP contribution in [0.25, 0.3) is 0 Å². The SMILES string of the molecule is Cc1cc(OCC2(O)CCCN(C(=O)CCc3ccccc3)CC2)cc(C)c1Cl. The monoisotopic (exact) mass is 415 g/mol. The second kappa shape index (κ2) is 9.64. The summed E-state index contributed by atoms with van der Waals surface area (Å²) in [7, 11) is 0. The van der Waals surface area contributed by atoms with E-state index in [4.69, 9.17) is 16.3 Å². The Kier molecular flexibility index (Phi) is 7.20. The Morgan fingerprint density at radius 3 is 2.52 bits per heavy atom. The first kappa shape index (κ1) is 21.7. The van der Waals surface area contributed by atoms with Crippen molar-refractivity contribution in [1.29, 1.82) is 0 Å². The summed E-state index contributed by atoms with van der Waals surface area (Å²) in [6.07, 6.45) is 3.17. The van der Waals surface area contributed by atoms with Crippen LogP contribution in [0, 0.1) is 13.8 Å². The molecule has 0 radical (unpaired) electrons. The van der Waals surface area contributed by atoms with E-state index in [0.717, 1.165) is 34.7 Å². The van der Waals surface area contributed by atoms with Crippen LogP contribution in [0.15, 0.2) is 42.5 Å². The van der Waals surface area contributed by atoms with Crippen molar-refractivity contribution in [3.05, 3.63) is 64.2 Å². The van der Waals surface area contributed by atoms with Crippen LogP contribution in [0.2, 0.25) is 5.02 Å². The standard InChI is InChI=1S/C24H30ClNO3/c1-18-15-21(16-19(2)23(18)25)29-17-24(28)11-6-13-26(14-12-24)22(27)10-9-20-7-4-3-5-8-20/h3-5,7-8,15-16,28H,6,9-14,17H2,1-2H3. The Hall–Kier alpha value is -2.04. The predicted octanol–water partition coefficient (Wildman–Crippen LogP) is 4.71. The molecule has 0 aliphatic carbocycles. The van der Waals surface area contributed by atoms with Crippen LogP contribution >= 0.6 is 11.6 Å². The largest absolute Gasteiger partial charge is 0.491 e. The predicted molar refractivity (Wildman–Crippen MR) is 117 cm³/mol. The molecule has 1 fully saturated rings. The quantitative estimate of drug-likeness (QED) is 0.743. The molecule has 29 heavy (non-hydrogen) atoms. The van der Waals surface area contributed by atoms with Gasteiger partial charge in [-0.15, -0.1) is 0 Å². The summed E-state index contributed by atoms with van der Waals surface area (Å²) in [4.78, 5) is 14.5. The van der Waals surface area contributed by atoms with Gasteiger partial charge in [0.05, 0.1) is 0 Å². The van der Waals surface area contributed by atoms with E-state index in [1.807, 2.05) is 61.2 Å². The third kappa shape index (κ3) is 5.97. The van der Waals surface area contributed by atoms with Crippen molar-refractivity contribution in [3.63, 3.8) is 0 Å². The van der Waals surface area contributed by atoms with E-state index in [0.29, 0.717) is 32.4 Å². The van der Waals surface area contributed by atoms with Crippen molar-refractivity contribution in [2.45, 2.75) is 51.6 Å². The maximum Gasteiger partial charge on any atom is 0.222 e. The van der Waals surface area contributed by atoms with E-state index in [9.17, 15) is 9.90 Å². The molecule has 156 valence electrons. The topological polar surface area (TPSA) is 49.8 Å². The van der Waals surface area contributed by atoms with Gasteiger partial charge in [0.2, 0.25) is 5.91 Å². The molecule has 0 spiro atoms. The minimum absolute atomic E-state index is 0.156. The molecule has 2 aromatic carbocycles.